The summed E-state index contributed by atoms with van der Waals surface area (Å²) < 4.78 is 0. The van der Waals surface area contributed by atoms with E-state index in [0.717, 1.165) is 4.88 Å². The van der Waals surface area contributed by atoms with Crippen LogP contribution in [-0.4, -0.2) is 23.0 Å². The Kier molecular flexibility index (Phi) is 4.23. The van der Waals surface area contributed by atoms with E-state index in [2.05, 4.69) is 0 Å². The van der Waals surface area contributed by atoms with Gasteiger partial charge in [0.05, 0.1) is 11.0 Å². The van der Waals surface area contributed by atoms with E-state index in [0.29, 0.717) is 5.69 Å². The molecule has 6 nitrogen and oxygen atoms in total. The third-order valence-corrected chi connectivity index (χ3v) is 4.39. The van der Waals surface area contributed by atoms with Gasteiger partial charge in [-0.15, -0.1) is 11.3 Å². The van der Waals surface area contributed by atoms with Gasteiger partial charge in [0.15, 0.2) is 0 Å². The highest BCUT2D eigenvalue weighted by Crippen LogP contribution is 2.36. The number of benzene rings is 1. The monoisotopic (exact) mass is 306 g/mol. The Hall–Kier alpha value is -2.41. The number of hydrogen-bond acceptors (Lipinski definition) is 5. The fourth-order valence-electron chi connectivity index (χ4n) is 2.11. The van der Waals surface area contributed by atoms with Gasteiger partial charge in [-0.25, -0.2) is 4.79 Å². The molecule has 0 saturated carbocycles. The third-order valence-electron chi connectivity index (χ3n) is 3.34. The van der Waals surface area contributed by atoms with Crippen LogP contribution < -0.4 is 4.90 Å². The number of hydrogen-bond donors (Lipinski definition) is 1. The van der Waals surface area contributed by atoms with Crippen molar-refractivity contribution >= 4 is 28.7 Å². The van der Waals surface area contributed by atoms with Crippen LogP contribution in [0.15, 0.2) is 35.7 Å². The molecule has 0 aliphatic rings. The number of anilines is 1. The molecule has 1 aromatic carbocycles. The molecule has 0 aliphatic carbocycles. The van der Waals surface area contributed by atoms with Gasteiger partial charge in [0, 0.05) is 11.9 Å². The number of para-hydroxylation sites is 1. The maximum atomic E-state index is 11.3. The van der Waals surface area contributed by atoms with Gasteiger partial charge in [-0.1, -0.05) is 12.1 Å². The number of rotatable bonds is 5. The number of carboxylic acid groups (broad SMARTS) is 1. The van der Waals surface area contributed by atoms with Crippen molar-refractivity contribution < 1.29 is 14.8 Å². The van der Waals surface area contributed by atoms with Crippen LogP contribution in [0.1, 0.15) is 28.2 Å². The minimum Gasteiger partial charge on any atom is -0.477 e. The largest absolute Gasteiger partial charge is 0.477 e. The van der Waals surface area contributed by atoms with Gasteiger partial charge in [0.2, 0.25) is 0 Å². The van der Waals surface area contributed by atoms with Crippen LogP contribution in [0.5, 0.6) is 0 Å². The number of nitrogens with zero attached hydrogens (tertiary/aromatic N) is 2. The summed E-state index contributed by atoms with van der Waals surface area (Å²) in [4.78, 5) is 24.6. The Balaban J connectivity index is 2.50. The summed E-state index contributed by atoms with van der Waals surface area (Å²) >= 11 is 1.55. The fourth-order valence-corrected chi connectivity index (χ4v) is 2.94. The van der Waals surface area contributed by atoms with E-state index in [9.17, 15) is 14.9 Å². The summed E-state index contributed by atoms with van der Waals surface area (Å²) in [6.45, 7) is 1.92. The van der Waals surface area contributed by atoms with Gasteiger partial charge in [-0.3, -0.25) is 10.1 Å². The summed E-state index contributed by atoms with van der Waals surface area (Å²) in [7, 11) is 1.72. The molecule has 21 heavy (non-hydrogen) atoms. The lowest BCUT2D eigenvalue weighted by Crippen LogP contribution is -2.22. The Labute approximate surface area is 125 Å². The van der Waals surface area contributed by atoms with Gasteiger partial charge in [-0.2, -0.15) is 0 Å². The van der Waals surface area contributed by atoms with Crippen LogP contribution in [0, 0.1) is 10.1 Å². The highest BCUT2D eigenvalue weighted by atomic mass is 32.1. The van der Waals surface area contributed by atoms with Crippen molar-refractivity contribution in [2.75, 3.05) is 11.9 Å². The van der Waals surface area contributed by atoms with Crippen molar-refractivity contribution in [1.29, 1.82) is 0 Å². The van der Waals surface area contributed by atoms with Crippen LogP contribution in [0.4, 0.5) is 11.4 Å². The second-order valence-corrected chi connectivity index (χ2v) is 5.52. The van der Waals surface area contributed by atoms with E-state index in [1.54, 1.807) is 29.4 Å². The number of carbonyl (C=O) groups is 1. The third kappa shape index (κ3) is 2.87. The zero-order chi connectivity index (χ0) is 15.6. The fraction of sp³-hybridized carbons (Fsp3) is 0.214. The van der Waals surface area contributed by atoms with Crippen LogP contribution in [-0.2, 0) is 0 Å². The van der Waals surface area contributed by atoms with Crippen molar-refractivity contribution in [2.45, 2.75) is 13.0 Å². The standard InChI is InChI=1S/C14H14N2O4S/c1-9(12-7-4-8-21-12)15(2)11-6-3-5-10(14(17)18)13(11)16(19)20/h3-9H,1-2H3,(H,17,18). The van der Waals surface area contributed by atoms with Crippen molar-refractivity contribution in [3.63, 3.8) is 0 Å². The van der Waals surface area contributed by atoms with E-state index in [-0.39, 0.29) is 17.3 Å². The molecule has 1 unspecified atom stereocenters. The van der Waals surface area contributed by atoms with E-state index < -0.39 is 10.9 Å². The second kappa shape index (κ2) is 5.92. The van der Waals surface area contributed by atoms with Crippen LogP contribution in [0.25, 0.3) is 0 Å². The molecule has 1 atom stereocenters. The first kappa shape index (κ1) is 15.0. The van der Waals surface area contributed by atoms with Crippen LogP contribution in [0.3, 0.4) is 0 Å². The molecule has 0 radical (unpaired) electrons. The van der Waals surface area contributed by atoms with Crippen molar-refractivity contribution in [2.24, 2.45) is 0 Å². The second-order valence-electron chi connectivity index (χ2n) is 4.54. The van der Waals surface area contributed by atoms with Crippen LogP contribution >= 0.6 is 11.3 Å². The number of thiophene rings is 1. The molecule has 110 valence electrons. The Morgan fingerprint density at radius 1 is 1.38 bits per heavy atom. The molecule has 0 saturated heterocycles. The molecule has 1 aromatic heterocycles. The van der Waals surface area contributed by atoms with E-state index in [4.69, 9.17) is 5.11 Å². The normalized spacial score (nSPS) is 11.9. The molecule has 0 fully saturated rings. The molecular formula is C14H14N2O4S. The van der Waals surface area contributed by atoms with Crippen LogP contribution in [0.2, 0.25) is 0 Å². The lowest BCUT2D eigenvalue weighted by molar-refractivity contribution is -0.384. The van der Waals surface area contributed by atoms with Gasteiger partial charge in [-0.05, 0) is 30.5 Å². The SMILES string of the molecule is CC(c1cccs1)N(C)c1cccc(C(=O)O)c1[N+](=O)[O-]. The van der Waals surface area contributed by atoms with Crippen molar-refractivity contribution in [3.05, 3.63) is 56.3 Å². The molecule has 2 rings (SSSR count). The van der Waals surface area contributed by atoms with E-state index >= 15 is 0 Å². The first-order valence-electron chi connectivity index (χ1n) is 6.20. The topological polar surface area (TPSA) is 83.7 Å². The highest BCUT2D eigenvalue weighted by molar-refractivity contribution is 7.10. The molecule has 1 N–H and O–H groups in total. The molecule has 1 heterocycles. The summed E-state index contributed by atoms with van der Waals surface area (Å²) in [5, 5.41) is 22.3. The number of nitro benzene ring substituents is 1. The predicted molar refractivity (Wildman–Crippen MR) is 81.2 cm³/mol. The molecule has 0 aliphatic heterocycles. The first-order chi connectivity index (χ1) is 9.93. The molecule has 0 amide bonds. The lowest BCUT2D eigenvalue weighted by Gasteiger charge is -2.26. The maximum Gasteiger partial charge on any atom is 0.342 e. The predicted octanol–water partition coefficient (Wildman–Crippen LogP) is 3.55. The maximum absolute atomic E-state index is 11.3. The number of aromatic carboxylic acids is 1. The molecule has 0 bridgehead atoms. The van der Waals surface area contributed by atoms with Gasteiger partial charge >= 0.3 is 11.7 Å². The summed E-state index contributed by atoms with van der Waals surface area (Å²) in [6, 6.07) is 8.09. The quantitative estimate of drug-likeness (QED) is 0.674. The Morgan fingerprint density at radius 3 is 2.62 bits per heavy atom. The lowest BCUT2D eigenvalue weighted by atomic mass is 10.1. The molecule has 0 spiro atoms. The smallest absolute Gasteiger partial charge is 0.342 e. The average Bonchev–Trinajstić information content (AvgIpc) is 2.98. The molecular weight excluding hydrogens is 292 g/mol. The summed E-state index contributed by atoms with van der Waals surface area (Å²) in [6.07, 6.45) is 0. The zero-order valence-electron chi connectivity index (χ0n) is 11.5. The van der Waals surface area contributed by atoms with E-state index in [1.807, 2.05) is 24.4 Å². The van der Waals surface area contributed by atoms with Gasteiger partial charge < -0.3 is 10.0 Å². The molecule has 2 aromatic rings. The number of nitro groups is 1. The van der Waals surface area contributed by atoms with Gasteiger partial charge in [0.1, 0.15) is 11.3 Å². The molecule has 7 heteroatoms. The zero-order valence-corrected chi connectivity index (χ0v) is 12.3. The van der Waals surface area contributed by atoms with Crippen molar-refractivity contribution in [3.8, 4) is 0 Å². The Bertz CT molecular complexity index is 670. The summed E-state index contributed by atoms with van der Waals surface area (Å²) in [5.74, 6) is -1.30. The minimum atomic E-state index is -1.30. The average molecular weight is 306 g/mol. The minimum absolute atomic E-state index is 0.0901. The Morgan fingerprint density at radius 2 is 2.10 bits per heavy atom. The van der Waals surface area contributed by atoms with Gasteiger partial charge in [0.25, 0.3) is 0 Å². The summed E-state index contributed by atoms with van der Waals surface area (Å²) in [5.41, 5.74) is -0.389. The first-order valence-corrected chi connectivity index (χ1v) is 7.08. The van der Waals surface area contributed by atoms with Crippen molar-refractivity contribution in [1.82, 2.24) is 0 Å². The number of carboxylic acids is 1. The highest BCUT2D eigenvalue weighted by Gasteiger charge is 2.28. The van der Waals surface area contributed by atoms with E-state index in [1.165, 1.54) is 12.1 Å².